The van der Waals surface area contributed by atoms with Gasteiger partial charge in [-0.05, 0) is 38.3 Å². The Hall–Kier alpha value is -3.65. The minimum absolute atomic E-state index is 0.169. The van der Waals surface area contributed by atoms with Crippen molar-refractivity contribution in [2.75, 3.05) is 37.5 Å². The van der Waals surface area contributed by atoms with Crippen molar-refractivity contribution in [3.8, 4) is 0 Å². The number of anilines is 2. The number of benzene rings is 1. The molecule has 1 unspecified atom stereocenters. The van der Waals surface area contributed by atoms with Crippen molar-refractivity contribution in [1.82, 2.24) is 9.55 Å². The van der Waals surface area contributed by atoms with E-state index in [0.29, 0.717) is 61.6 Å². The third-order valence-corrected chi connectivity index (χ3v) is 6.36. The van der Waals surface area contributed by atoms with Crippen LogP contribution in [0.1, 0.15) is 36.3 Å². The maximum absolute atomic E-state index is 13.1. The van der Waals surface area contributed by atoms with E-state index >= 15 is 0 Å². The number of amides is 1. The van der Waals surface area contributed by atoms with Gasteiger partial charge < -0.3 is 24.7 Å². The topological polar surface area (TPSA) is 94.5 Å². The highest BCUT2D eigenvalue weighted by Crippen LogP contribution is 2.33. The van der Waals surface area contributed by atoms with Gasteiger partial charge in [0.2, 0.25) is 5.91 Å². The normalized spacial score (nSPS) is 15.9. The first-order valence-corrected chi connectivity index (χ1v) is 11.9. The number of allylic oxidation sites excluding steroid dienone is 1. The number of nitrogens with one attached hydrogen (secondary N) is 2. The largest absolute Gasteiger partial charge is 0.464 e. The molecule has 3 aromatic rings. The predicted molar refractivity (Wildman–Crippen MR) is 137 cm³/mol. The summed E-state index contributed by atoms with van der Waals surface area (Å²) in [5, 5.41) is 7.07. The molecule has 0 spiro atoms. The molecule has 1 amide bonds. The lowest BCUT2D eigenvalue weighted by atomic mass is 10.1. The van der Waals surface area contributed by atoms with Crippen molar-refractivity contribution in [2.24, 2.45) is 5.92 Å². The smallest absolute Gasteiger partial charge is 0.356 e. The first-order valence-electron chi connectivity index (χ1n) is 11.9. The zero-order valence-electron chi connectivity index (χ0n) is 20.5. The van der Waals surface area contributed by atoms with Crippen molar-refractivity contribution >= 4 is 34.3 Å². The summed E-state index contributed by atoms with van der Waals surface area (Å²) in [6, 6.07) is 12.0. The average Bonchev–Trinajstić information content (AvgIpc) is 3.53. The maximum atomic E-state index is 13.1. The van der Waals surface area contributed by atoms with Crippen LogP contribution in [-0.2, 0) is 27.2 Å². The standard InChI is InChI=1S/C27H32N4O4/c1-4-18(2)15-28-21-14-22-23(30-26(32)20-11-13-35-17-20)24(27(33)34-3)31(25(22)29-16-21)12-10-19-8-6-5-7-9-19/h4-9,14,16,20,28H,10-13,15,17H2,1-3H3,(H,30,32)/b18-4+. The Labute approximate surface area is 205 Å². The highest BCUT2D eigenvalue weighted by Gasteiger charge is 2.29. The van der Waals surface area contributed by atoms with Crippen molar-refractivity contribution in [3.63, 3.8) is 0 Å². The second kappa shape index (κ2) is 11.2. The number of carbonyl (C=O) groups excluding carboxylic acids is 2. The Morgan fingerprint density at radius 2 is 2.09 bits per heavy atom. The molecule has 8 nitrogen and oxygen atoms in total. The van der Waals surface area contributed by atoms with E-state index in [1.165, 1.54) is 12.7 Å². The molecule has 1 aromatic carbocycles. The Kier molecular flexibility index (Phi) is 7.82. The quantitative estimate of drug-likeness (QED) is 0.351. The summed E-state index contributed by atoms with van der Waals surface area (Å²) >= 11 is 0. The molecule has 4 rings (SSSR count). The second-order valence-corrected chi connectivity index (χ2v) is 8.74. The van der Waals surface area contributed by atoms with Crippen molar-refractivity contribution in [1.29, 1.82) is 0 Å². The molecule has 0 aliphatic carbocycles. The summed E-state index contributed by atoms with van der Waals surface area (Å²) in [4.78, 5) is 30.8. The monoisotopic (exact) mass is 476 g/mol. The van der Waals surface area contributed by atoms with Gasteiger partial charge in [0.05, 0.1) is 37.2 Å². The molecule has 1 fully saturated rings. The Balaban J connectivity index is 1.78. The molecule has 1 aliphatic rings. The number of hydrogen-bond donors (Lipinski definition) is 2. The van der Waals surface area contributed by atoms with Gasteiger partial charge in [-0.25, -0.2) is 9.78 Å². The highest BCUT2D eigenvalue weighted by molar-refractivity contribution is 6.11. The van der Waals surface area contributed by atoms with Crippen molar-refractivity contribution < 1.29 is 19.1 Å². The summed E-state index contributed by atoms with van der Waals surface area (Å²) in [6.45, 7) is 6.15. The third-order valence-electron chi connectivity index (χ3n) is 6.36. The van der Waals surface area contributed by atoms with Gasteiger partial charge in [-0.1, -0.05) is 42.0 Å². The maximum Gasteiger partial charge on any atom is 0.356 e. The van der Waals surface area contributed by atoms with Gasteiger partial charge in [-0.2, -0.15) is 0 Å². The summed E-state index contributed by atoms with van der Waals surface area (Å²) in [7, 11) is 1.35. The zero-order chi connectivity index (χ0) is 24.8. The molecule has 1 saturated heterocycles. The first-order chi connectivity index (χ1) is 17.0. The number of rotatable bonds is 9. The van der Waals surface area contributed by atoms with Gasteiger partial charge in [0.1, 0.15) is 5.65 Å². The van der Waals surface area contributed by atoms with Crippen LogP contribution in [0.25, 0.3) is 11.0 Å². The molecule has 8 heteroatoms. The van der Waals surface area contributed by atoms with Crippen molar-refractivity contribution in [3.05, 3.63) is 65.5 Å². The lowest BCUT2D eigenvalue weighted by molar-refractivity contribution is -0.119. The van der Waals surface area contributed by atoms with Gasteiger partial charge in [0.15, 0.2) is 5.69 Å². The molecular weight excluding hydrogens is 444 g/mol. The second-order valence-electron chi connectivity index (χ2n) is 8.74. The fraction of sp³-hybridized carbons (Fsp3) is 0.370. The van der Waals surface area contributed by atoms with Crippen LogP contribution in [0.15, 0.2) is 54.2 Å². The Bertz CT molecular complexity index is 1230. The van der Waals surface area contributed by atoms with E-state index < -0.39 is 5.97 Å². The number of nitrogens with zero attached hydrogens (tertiary/aromatic N) is 2. The molecule has 0 saturated carbocycles. The van der Waals surface area contributed by atoms with E-state index in [-0.39, 0.29) is 11.8 Å². The first kappa shape index (κ1) is 24.5. The van der Waals surface area contributed by atoms with Crippen LogP contribution in [-0.4, -0.2) is 48.3 Å². The van der Waals surface area contributed by atoms with Crippen molar-refractivity contribution in [2.45, 2.75) is 33.2 Å². The van der Waals surface area contributed by atoms with Crippen LogP contribution in [0.4, 0.5) is 11.4 Å². The van der Waals surface area contributed by atoms with Gasteiger partial charge in [0.25, 0.3) is 0 Å². The van der Waals surface area contributed by atoms with E-state index in [9.17, 15) is 9.59 Å². The lowest BCUT2D eigenvalue weighted by Gasteiger charge is -2.12. The molecule has 184 valence electrons. The molecule has 1 atom stereocenters. The molecule has 0 bridgehead atoms. The summed E-state index contributed by atoms with van der Waals surface area (Å²) < 4.78 is 12.4. The van der Waals surface area contributed by atoms with E-state index in [1.807, 2.05) is 60.9 Å². The lowest BCUT2D eigenvalue weighted by Crippen LogP contribution is -2.24. The Morgan fingerprint density at radius 1 is 1.29 bits per heavy atom. The third kappa shape index (κ3) is 5.54. The van der Waals surface area contributed by atoms with Gasteiger partial charge in [-0.15, -0.1) is 0 Å². The Morgan fingerprint density at radius 3 is 2.77 bits per heavy atom. The van der Waals surface area contributed by atoms with E-state index in [0.717, 1.165) is 11.3 Å². The van der Waals surface area contributed by atoms with Crippen LogP contribution in [0.2, 0.25) is 0 Å². The minimum atomic E-state index is -0.520. The van der Waals surface area contributed by atoms with E-state index in [2.05, 4.69) is 10.6 Å². The number of aromatic nitrogens is 2. The molecule has 0 radical (unpaired) electrons. The number of fused-ring (bicyclic) bond motifs is 1. The highest BCUT2D eigenvalue weighted by atomic mass is 16.5. The molecule has 2 N–H and O–H groups in total. The number of hydrogen-bond acceptors (Lipinski definition) is 6. The van der Waals surface area contributed by atoms with Crippen LogP contribution in [0.3, 0.4) is 0 Å². The zero-order valence-corrected chi connectivity index (χ0v) is 20.5. The average molecular weight is 477 g/mol. The van der Waals surface area contributed by atoms with Gasteiger partial charge in [0, 0.05) is 25.1 Å². The molecule has 2 aromatic heterocycles. The number of ether oxygens (including phenoxy) is 2. The SMILES string of the molecule is C/C=C(\C)CNc1cnc2c(c1)c(NC(=O)C1CCOC1)c(C(=O)OC)n2CCc1ccccc1. The minimum Gasteiger partial charge on any atom is -0.464 e. The molecule has 1 aliphatic heterocycles. The fourth-order valence-corrected chi connectivity index (χ4v) is 4.17. The molecular formula is C27H32N4O4. The number of aryl methyl sites for hydroxylation is 2. The molecule has 35 heavy (non-hydrogen) atoms. The van der Waals surface area contributed by atoms with Crippen LogP contribution in [0.5, 0.6) is 0 Å². The summed E-state index contributed by atoms with van der Waals surface area (Å²) in [5.41, 5.74) is 4.47. The van der Waals surface area contributed by atoms with Gasteiger partial charge >= 0.3 is 5.97 Å². The van der Waals surface area contributed by atoms with Crippen LogP contribution in [0, 0.1) is 5.92 Å². The number of pyridine rings is 1. The van der Waals surface area contributed by atoms with E-state index in [1.54, 1.807) is 6.20 Å². The number of carbonyl (C=O) groups is 2. The number of methoxy groups -OCH3 is 1. The van der Waals surface area contributed by atoms with Gasteiger partial charge in [-0.3, -0.25) is 4.79 Å². The van der Waals surface area contributed by atoms with Crippen LogP contribution < -0.4 is 10.6 Å². The van der Waals surface area contributed by atoms with Crippen LogP contribution >= 0.6 is 0 Å². The summed E-state index contributed by atoms with van der Waals surface area (Å²) in [6.07, 6.45) is 5.14. The van der Waals surface area contributed by atoms with E-state index in [4.69, 9.17) is 14.5 Å². The predicted octanol–water partition coefficient (Wildman–Crippen LogP) is 4.42. The summed E-state index contributed by atoms with van der Waals surface area (Å²) in [5.74, 6) is -0.944. The molecule has 3 heterocycles. The fourth-order valence-electron chi connectivity index (χ4n) is 4.17. The number of esters is 1.